The molecule has 24 heavy (non-hydrogen) atoms. The van der Waals surface area contributed by atoms with Gasteiger partial charge in [0.15, 0.2) is 10.7 Å². The van der Waals surface area contributed by atoms with Crippen molar-refractivity contribution in [2.45, 2.75) is 19.4 Å². The van der Waals surface area contributed by atoms with E-state index in [1.54, 1.807) is 38.1 Å². The Morgan fingerprint density at radius 1 is 1.25 bits per heavy atom. The van der Waals surface area contributed by atoms with Crippen molar-refractivity contribution in [2.24, 2.45) is 0 Å². The zero-order valence-electron chi connectivity index (χ0n) is 13.0. The van der Waals surface area contributed by atoms with Crippen LogP contribution in [0.2, 0.25) is 5.02 Å². The number of anilines is 1. The van der Waals surface area contributed by atoms with Crippen molar-refractivity contribution >= 4 is 60.1 Å². The predicted molar refractivity (Wildman–Crippen MR) is 102 cm³/mol. The first-order valence-electron chi connectivity index (χ1n) is 7.16. The van der Waals surface area contributed by atoms with Gasteiger partial charge in [0, 0.05) is 9.50 Å². The van der Waals surface area contributed by atoms with E-state index in [0.29, 0.717) is 15.9 Å². The van der Waals surface area contributed by atoms with Crippen molar-refractivity contribution < 1.29 is 9.53 Å². The number of fused-ring (bicyclic) bond motifs is 1. The maximum Gasteiger partial charge on any atom is 0.269 e. The lowest BCUT2D eigenvalue weighted by Gasteiger charge is -2.24. The van der Waals surface area contributed by atoms with Crippen LogP contribution in [0.1, 0.15) is 13.8 Å². The lowest BCUT2D eigenvalue weighted by Crippen LogP contribution is -2.42. The lowest BCUT2D eigenvalue weighted by atomic mass is 10.1. The summed E-state index contributed by atoms with van der Waals surface area (Å²) in [6.07, 6.45) is 0. The number of nitrogens with one attached hydrogen (secondary N) is 1. The van der Waals surface area contributed by atoms with Gasteiger partial charge in [0.25, 0.3) is 5.91 Å². The average molecular weight is 426 g/mol. The number of hydrogen-bond acceptors (Lipinski definition) is 4. The molecule has 0 spiro atoms. The number of carbonyl (C=O) groups is 1. The summed E-state index contributed by atoms with van der Waals surface area (Å²) < 4.78 is 7.72. The zero-order chi connectivity index (χ0) is 17.3. The van der Waals surface area contributed by atoms with E-state index < -0.39 is 5.60 Å². The average Bonchev–Trinajstić information content (AvgIpc) is 2.90. The molecule has 0 aliphatic heterocycles. The number of amides is 1. The van der Waals surface area contributed by atoms with E-state index in [4.69, 9.17) is 16.3 Å². The van der Waals surface area contributed by atoms with Crippen LogP contribution in [0.4, 0.5) is 5.13 Å². The molecule has 2 aromatic carbocycles. The highest BCUT2D eigenvalue weighted by molar-refractivity contribution is 9.10. The number of benzene rings is 2. The topological polar surface area (TPSA) is 51.2 Å². The van der Waals surface area contributed by atoms with Gasteiger partial charge in [-0.05, 0) is 56.3 Å². The molecule has 3 rings (SSSR count). The van der Waals surface area contributed by atoms with E-state index in [-0.39, 0.29) is 5.91 Å². The second-order valence-electron chi connectivity index (χ2n) is 5.65. The number of halogens is 2. The van der Waals surface area contributed by atoms with Gasteiger partial charge in [-0.15, -0.1) is 0 Å². The number of hydrogen-bond donors (Lipinski definition) is 1. The summed E-state index contributed by atoms with van der Waals surface area (Å²) in [5.41, 5.74) is -0.280. The first-order valence-corrected chi connectivity index (χ1v) is 9.14. The van der Waals surface area contributed by atoms with Gasteiger partial charge in [-0.1, -0.05) is 38.9 Å². The smallest absolute Gasteiger partial charge is 0.269 e. The first kappa shape index (κ1) is 17.2. The number of aromatic nitrogens is 1. The Balaban J connectivity index is 1.75. The second kappa shape index (κ2) is 6.70. The van der Waals surface area contributed by atoms with E-state index in [9.17, 15) is 4.79 Å². The molecular formula is C17H14BrClN2O2S. The minimum absolute atomic E-state index is 0.268. The summed E-state index contributed by atoms with van der Waals surface area (Å²) in [6, 6.07) is 12.8. The van der Waals surface area contributed by atoms with Crippen molar-refractivity contribution in [3.63, 3.8) is 0 Å². The van der Waals surface area contributed by atoms with Crippen LogP contribution in [0, 0.1) is 0 Å². The molecule has 0 radical (unpaired) electrons. The van der Waals surface area contributed by atoms with Gasteiger partial charge in [-0.2, -0.15) is 0 Å². The Morgan fingerprint density at radius 2 is 1.96 bits per heavy atom. The molecular weight excluding hydrogens is 412 g/mol. The van der Waals surface area contributed by atoms with Gasteiger partial charge in [0.1, 0.15) is 5.75 Å². The fraction of sp³-hybridized carbons (Fsp3) is 0.176. The second-order valence-corrected chi connectivity index (χ2v) is 8.03. The largest absolute Gasteiger partial charge is 0.478 e. The van der Waals surface area contributed by atoms with E-state index in [0.717, 1.165) is 14.7 Å². The van der Waals surface area contributed by atoms with Crippen LogP contribution in [0.3, 0.4) is 0 Å². The molecule has 1 heterocycles. The lowest BCUT2D eigenvalue weighted by molar-refractivity contribution is -0.128. The maximum absolute atomic E-state index is 12.5. The Kier molecular flexibility index (Phi) is 4.80. The van der Waals surface area contributed by atoms with E-state index in [2.05, 4.69) is 26.2 Å². The molecule has 1 N–H and O–H groups in total. The highest BCUT2D eigenvalue weighted by atomic mass is 79.9. The SMILES string of the molecule is CC(C)(Oc1ccc(Br)cc1)C(=O)Nc1nc2cc(Cl)ccc2s1. The van der Waals surface area contributed by atoms with Crippen molar-refractivity contribution in [1.82, 2.24) is 4.98 Å². The summed E-state index contributed by atoms with van der Waals surface area (Å²) in [5, 5.41) is 3.95. The van der Waals surface area contributed by atoms with Crippen LogP contribution >= 0.6 is 38.9 Å². The standard InChI is InChI=1S/C17H14BrClN2O2S/c1-17(2,23-12-6-3-10(18)4-7-12)15(22)21-16-20-13-9-11(19)5-8-14(13)24-16/h3-9H,1-2H3,(H,20,21,22). The first-order chi connectivity index (χ1) is 11.3. The van der Waals surface area contributed by atoms with E-state index in [1.165, 1.54) is 11.3 Å². The van der Waals surface area contributed by atoms with Crippen molar-refractivity contribution in [3.8, 4) is 5.75 Å². The van der Waals surface area contributed by atoms with E-state index in [1.807, 2.05) is 18.2 Å². The summed E-state index contributed by atoms with van der Waals surface area (Å²) in [4.78, 5) is 16.9. The third kappa shape index (κ3) is 3.88. The maximum atomic E-state index is 12.5. The quantitative estimate of drug-likeness (QED) is 0.600. The molecule has 0 saturated carbocycles. The Morgan fingerprint density at radius 3 is 2.67 bits per heavy atom. The van der Waals surface area contributed by atoms with Crippen molar-refractivity contribution in [2.75, 3.05) is 5.32 Å². The normalized spacial score (nSPS) is 11.5. The number of carbonyl (C=O) groups excluding carboxylic acids is 1. The Labute approximate surface area is 156 Å². The molecule has 7 heteroatoms. The molecule has 4 nitrogen and oxygen atoms in total. The van der Waals surface area contributed by atoms with Crippen LogP contribution in [-0.2, 0) is 4.79 Å². The predicted octanol–water partition coefficient (Wildman–Crippen LogP) is 5.51. The highest BCUT2D eigenvalue weighted by Gasteiger charge is 2.30. The van der Waals surface area contributed by atoms with Crippen LogP contribution in [0.25, 0.3) is 10.2 Å². The van der Waals surface area contributed by atoms with Crippen molar-refractivity contribution in [3.05, 3.63) is 52.0 Å². The fourth-order valence-corrected chi connectivity index (χ4v) is 3.32. The molecule has 3 aromatic rings. The molecule has 1 aromatic heterocycles. The molecule has 0 saturated heterocycles. The minimum atomic E-state index is -1.04. The molecule has 0 unspecified atom stereocenters. The molecule has 0 fully saturated rings. The van der Waals surface area contributed by atoms with Crippen LogP contribution in [0.5, 0.6) is 5.75 Å². The van der Waals surface area contributed by atoms with Gasteiger partial charge in [-0.3, -0.25) is 10.1 Å². The zero-order valence-corrected chi connectivity index (χ0v) is 16.1. The highest BCUT2D eigenvalue weighted by Crippen LogP contribution is 2.29. The molecule has 0 aliphatic rings. The minimum Gasteiger partial charge on any atom is -0.478 e. The monoisotopic (exact) mass is 424 g/mol. The van der Waals surface area contributed by atoms with Crippen LogP contribution in [0.15, 0.2) is 46.9 Å². The number of ether oxygens (including phenoxy) is 1. The third-order valence-corrected chi connectivity index (χ3v) is 5.02. The summed E-state index contributed by atoms with van der Waals surface area (Å²) >= 11 is 10.7. The summed E-state index contributed by atoms with van der Waals surface area (Å²) in [6.45, 7) is 3.43. The van der Waals surface area contributed by atoms with E-state index >= 15 is 0 Å². The number of thiazole rings is 1. The number of rotatable bonds is 4. The molecule has 0 bridgehead atoms. The fourth-order valence-electron chi connectivity index (χ4n) is 2.05. The summed E-state index contributed by atoms with van der Waals surface area (Å²) in [7, 11) is 0. The Bertz CT molecular complexity index is 893. The van der Waals surface area contributed by atoms with Crippen LogP contribution < -0.4 is 10.1 Å². The summed E-state index contributed by atoms with van der Waals surface area (Å²) in [5.74, 6) is 0.352. The molecule has 0 aliphatic carbocycles. The third-order valence-electron chi connectivity index (χ3n) is 3.30. The molecule has 0 atom stereocenters. The molecule has 1 amide bonds. The van der Waals surface area contributed by atoms with Gasteiger partial charge in [-0.25, -0.2) is 4.98 Å². The van der Waals surface area contributed by atoms with Crippen molar-refractivity contribution in [1.29, 1.82) is 0 Å². The number of nitrogens with zero attached hydrogens (tertiary/aromatic N) is 1. The Hall–Kier alpha value is -1.63. The van der Waals surface area contributed by atoms with Gasteiger partial charge in [0.2, 0.25) is 0 Å². The molecule has 124 valence electrons. The van der Waals surface area contributed by atoms with Gasteiger partial charge >= 0.3 is 0 Å². The van der Waals surface area contributed by atoms with Gasteiger partial charge < -0.3 is 4.74 Å². The van der Waals surface area contributed by atoms with Gasteiger partial charge in [0.05, 0.1) is 10.2 Å². The van der Waals surface area contributed by atoms with Crippen LogP contribution in [-0.4, -0.2) is 16.5 Å².